The normalized spacial score (nSPS) is 16.5. The average molecular weight is 579 g/mol. The number of rotatable bonds is 9. The summed E-state index contributed by atoms with van der Waals surface area (Å²) in [6.45, 7) is 2.34. The van der Waals surface area contributed by atoms with Crippen molar-refractivity contribution in [2.24, 2.45) is 0 Å². The molecule has 0 bridgehead atoms. The lowest BCUT2D eigenvalue weighted by molar-refractivity contribution is -0.274. The molecule has 10 nitrogen and oxygen atoms in total. The van der Waals surface area contributed by atoms with Gasteiger partial charge in [-0.05, 0) is 41.8 Å². The van der Waals surface area contributed by atoms with Crippen molar-refractivity contribution in [1.29, 1.82) is 0 Å². The fourth-order valence-electron chi connectivity index (χ4n) is 4.34. The molecular weight excluding hydrogens is 549 g/mol. The van der Waals surface area contributed by atoms with Gasteiger partial charge in [-0.3, -0.25) is 4.79 Å². The number of aromatic nitrogens is 2. The zero-order valence-corrected chi connectivity index (χ0v) is 22.5. The van der Waals surface area contributed by atoms with E-state index in [2.05, 4.69) is 26.9 Å². The number of nitrogens with two attached hydrogens (primary N) is 1. The molecule has 40 heavy (non-hydrogen) atoms. The van der Waals surface area contributed by atoms with E-state index < -0.39 is 34.1 Å². The second-order valence-corrected chi connectivity index (χ2v) is 11.1. The Morgan fingerprint density at radius 2 is 1.73 bits per heavy atom. The molecule has 14 heteroatoms. The summed E-state index contributed by atoms with van der Waals surface area (Å²) in [6.07, 6.45) is -0.170. The Morgan fingerprint density at radius 3 is 2.33 bits per heavy atom. The summed E-state index contributed by atoms with van der Waals surface area (Å²) in [7, 11) is -4.27. The van der Waals surface area contributed by atoms with Crippen molar-refractivity contribution in [1.82, 2.24) is 19.6 Å². The highest BCUT2D eigenvalue weighted by Gasteiger charge is 2.41. The molecule has 1 aromatic heterocycles. The number of carbonyl (C=O) groups excluding carboxylic acids is 1. The molecule has 1 atom stereocenters. The summed E-state index contributed by atoms with van der Waals surface area (Å²) in [5.41, 5.74) is 7.65. The van der Waals surface area contributed by atoms with Crippen molar-refractivity contribution in [2.75, 3.05) is 30.3 Å². The third-order valence-electron chi connectivity index (χ3n) is 6.31. The fraction of sp³-hybridized carbons (Fsp3) is 0.346. The topological polar surface area (TPSA) is 131 Å². The number of nitrogen functional groups attached to an aromatic ring is 1. The first-order valence-corrected chi connectivity index (χ1v) is 14.0. The largest absolute Gasteiger partial charge is 0.573 e. The minimum atomic E-state index is -4.92. The molecule has 4 rings (SSSR count). The maximum atomic E-state index is 13.6. The Morgan fingerprint density at radius 1 is 1.05 bits per heavy atom. The highest BCUT2D eigenvalue weighted by Crippen LogP contribution is 2.28. The van der Waals surface area contributed by atoms with Crippen molar-refractivity contribution < 1.29 is 31.1 Å². The lowest BCUT2D eigenvalue weighted by Gasteiger charge is -2.40. The van der Waals surface area contributed by atoms with Crippen LogP contribution in [0.25, 0.3) is 0 Å². The number of hydrogen-bond acceptors (Lipinski definition) is 8. The fourth-order valence-corrected chi connectivity index (χ4v) is 5.91. The lowest BCUT2D eigenvalue weighted by atomic mass is 10.1. The van der Waals surface area contributed by atoms with E-state index in [4.69, 9.17) is 5.73 Å². The van der Waals surface area contributed by atoms with E-state index in [1.807, 2.05) is 24.3 Å². The van der Waals surface area contributed by atoms with Crippen LogP contribution in [0, 0.1) is 0 Å². The van der Waals surface area contributed by atoms with Crippen molar-refractivity contribution in [2.45, 2.75) is 43.6 Å². The standard InChI is InChI=1S/C26H29F3N6O4S/c1-2-3-18-4-6-19(7-5-18)14-33-25(36)22-17-34(24-16-31-23(30)15-32-24)12-13-35(22)40(37,38)21-10-8-20(9-11-21)39-26(27,28)29/h4-11,15-16,22H,2-3,12-14,17H2,1H3,(H2,30,31)(H,33,36)/t22-/m1/s1. The molecule has 3 aromatic rings. The minimum Gasteiger partial charge on any atom is -0.406 e. The van der Waals surface area contributed by atoms with E-state index in [1.165, 1.54) is 18.0 Å². The molecule has 0 unspecified atom stereocenters. The van der Waals surface area contributed by atoms with Crippen molar-refractivity contribution in [3.05, 3.63) is 72.1 Å². The molecule has 1 saturated heterocycles. The van der Waals surface area contributed by atoms with Gasteiger partial charge in [0.2, 0.25) is 15.9 Å². The molecule has 0 spiro atoms. The maximum absolute atomic E-state index is 13.6. The average Bonchev–Trinajstić information content (AvgIpc) is 2.92. The number of benzene rings is 2. The van der Waals surface area contributed by atoms with Crippen LogP contribution in [0.1, 0.15) is 24.5 Å². The Balaban J connectivity index is 1.56. The summed E-state index contributed by atoms with van der Waals surface area (Å²) in [5, 5.41) is 2.82. The molecule has 0 saturated carbocycles. The molecule has 1 amide bonds. The van der Waals surface area contributed by atoms with Crippen molar-refractivity contribution in [3.8, 4) is 5.75 Å². The third-order valence-corrected chi connectivity index (χ3v) is 8.23. The predicted octanol–water partition coefficient (Wildman–Crippen LogP) is 3.11. The number of aryl methyl sites for hydroxylation is 1. The number of hydrogen-bond donors (Lipinski definition) is 2. The quantitative estimate of drug-likeness (QED) is 0.396. The summed E-state index contributed by atoms with van der Waals surface area (Å²) >= 11 is 0. The number of ether oxygens (including phenoxy) is 1. The lowest BCUT2D eigenvalue weighted by Crippen LogP contribution is -2.60. The summed E-state index contributed by atoms with van der Waals surface area (Å²) < 4.78 is 69.7. The van der Waals surface area contributed by atoms with E-state index in [9.17, 15) is 26.4 Å². The highest BCUT2D eigenvalue weighted by atomic mass is 32.2. The summed E-state index contributed by atoms with van der Waals surface area (Å²) in [5.74, 6) is -0.463. The van der Waals surface area contributed by atoms with Gasteiger partial charge in [0.15, 0.2) is 0 Å². The van der Waals surface area contributed by atoms with Gasteiger partial charge >= 0.3 is 6.36 Å². The molecule has 1 fully saturated rings. The highest BCUT2D eigenvalue weighted by molar-refractivity contribution is 7.89. The molecule has 214 valence electrons. The number of amides is 1. The van der Waals surface area contributed by atoms with E-state index >= 15 is 0 Å². The SMILES string of the molecule is CCCc1ccc(CNC(=O)[C@H]2CN(c3cnc(N)cn3)CCN2S(=O)(=O)c2ccc(OC(F)(F)F)cc2)cc1. The van der Waals surface area contributed by atoms with Crippen LogP contribution >= 0.6 is 0 Å². The number of sulfonamides is 1. The molecule has 0 radical (unpaired) electrons. The second-order valence-electron chi connectivity index (χ2n) is 9.18. The van der Waals surface area contributed by atoms with Gasteiger partial charge in [-0.1, -0.05) is 37.6 Å². The number of nitrogens with zero attached hydrogens (tertiary/aromatic N) is 4. The first-order valence-electron chi connectivity index (χ1n) is 12.5. The summed E-state index contributed by atoms with van der Waals surface area (Å²) in [4.78, 5) is 23.1. The zero-order valence-electron chi connectivity index (χ0n) is 21.6. The number of carbonyl (C=O) groups is 1. The van der Waals surface area contributed by atoms with Crippen LogP contribution in [0.4, 0.5) is 24.8 Å². The van der Waals surface area contributed by atoms with E-state index in [-0.39, 0.29) is 36.9 Å². The predicted molar refractivity (Wildman–Crippen MR) is 142 cm³/mol. The molecular formula is C26H29F3N6O4S. The van der Waals surface area contributed by atoms with Crippen molar-refractivity contribution >= 4 is 27.6 Å². The number of anilines is 2. The number of nitrogens with one attached hydrogen (secondary N) is 1. The first kappa shape index (κ1) is 29.1. The molecule has 3 N–H and O–H groups in total. The van der Waals surface area contributed by atoms with Crippen LogP contribution in [-0.4, -0.2) is 60.6 Å². The molecule has 1 aliphatic heterocycles. The van der Waals surface area contributed by atoms with Crippen LogP contribution in [0.5, 0.6) is 5.75 Å². The number of piperazine rings is 1. The van der Waals surface area contributed by atoms with Crippen LogP contribution in [0.3, 0.4) is 0 Å². The van der Waals surface area contributed by atoms with Gasteiger partial charge in [-0.25, -0.2) is 18.4 Å². The van der Waals surface area contributed by atoms with Gasteiger partial charge < -0.3 is 20.7 Å². The smallest absolute Gasteiger partial charge is 0.406 e. The summed E-state index contributed by atoms with van der Waals surface area (Å²) in [6, 6.07) is 10.5. The second kappa shape index (κ2) is 12.1. The monoisotopic (exact) mass is 578 g/mol. The maximum Gasteiger partial charge on any atom is 0.573 e. The van der Waals surface area contributed by atoms with Gasteiger partial charge in [0.05, 0.1) is 17.3 Å². The van der Waals surface area contributed by atoms with E-state index in [1.54, 1.807) is 4.90 Å². The Labute approximate surface area is 230 Å². The van der Waals surface area contributed by atoms with Gasteiger partial charge in [0.1, 0.15) is 23.4 Å². The van der Waals surface area contributed by atoms with Gasteiger partial charge in [-0.15, -0.1) is 13.2 Å². The zero-order chi connectivity index (χ0) is 28.9. The number of alkyl halides is 3. The van der Waals surface area contributed by atoms with Crippen molar-refractivity contribution in [3.63, 3.8) is 0 Å². The van der Waals surface area contributed by atoms with Gasteiger partial charge in [-0.2, -0.15) is 4.31 Å². The Bertz CT molecular complexity index is 1400. The molecule has 2 aromatic carbocycles. The Kier molecular flexibility index (Phi) is 8.79. The van der Waals surface area contributed by atoms with Crippen LogP contribution in [0.15, 0.2) is 65.8 Å². The van der Waals surface area contributed by atoms with Gasteiger partial charge in [0.25, 0.3) is 0 Å². The van der Waals surface area contributed by atoms with Crippen LogP contribution in [-0.2, 0) is 27.8 Å². The van der Waals surface area contributed by atoms with E-state index in [0.29, 0.717) is 5.82 Å². The third kappa shape index (κ3) is 7.18. The first-order chi connectivity index (χ1) is 19.0. The van der Waals surface area contributed by atoms with Crippen LogP contribution < -0.4 is 20.7 Å². The van der Waals surface area contributed by atoms with Gasteiger partial charge in [0, 0.05) is 26.2 Å². The molecule has 0 aliphatic carbocycles. The van der Waals surface area contributed by atoms with Crippen LogP contribution in [0.2, 0.25) is 0 Å². The minimum absolute atomic E-state index is 0.0334. The molecule has 1 aliphatic rings. The van der Waals surface area contributed by atoms with E-state index in [0.717, 1.165) is 47.0 Å². The Hall–Kier alpha value is -3.91. The molecule has 2 heterocycles. The number of halogens is 3.